The molecule has 4 rings (SSSR count). The zero-order chi connectivity index (χ0) is 19.4. The van der Waals surface area contributed by atoms with Crippen molar-refractivity contribution in [3.8, 4) is 0 Å². The van der Waals surface area contributed by atoms with Gasteiger partial charge in [0.05, 0.1) is 27.6 Å². The molecular weight excluding hydrogens is 463 g/mol. The first kappa shape index (κ1) is 19.2. The Hall–Kier alpha value is -0.160. The molecule has 1 aliphatic heterocycles. The van der Waals surface area contributed by atoms with Crippen LogP contribution in [0.5, 0.6) is 0 Å². The molecule has 4 atom stereocenters. The summed E-state index contributed by atoms with van der Waals surface area (Å²) in [4.78, 5) is 24.0. The number of aryl methyl sites for hydroxylation is 2. The molecule has 0 aromatic heterocycles. The van der Waals surface area contributed by atoms with Gasteiger partial charge in [0.15, 0.2) is 4.33 Å². The second kappa shape index (κ2) is 5.46. The normalized spacial score (nSPS) is 37.8. The number of hydrogen-bond donors (Lipinski definition) is 0. The molecule has 0 N–H and O–H groups in total. The van der Waals surface area contributed by atoms with Gasteiger partial charge < -0.3 is 0 Å². The largest absolute Gasteiger partial charge is 0.274 e. The first-order chi connectivity index (χ1) is 11.9. The average molecular weight is 474 g/mol. The Bertz CT molecular complexity index is 862. The third kappa shape index (κ3) is 1.86. The van der Waals surface area contributed by atoms with Gasteiger partial charge in [-0.2, -0.15) is 0 Å². The van der Waals surface area contributed by atoms with Crippen molar-refractivity contribution in [1.82, 2.24) is 0 Å². The number of carbonyl (C=O) groups is 2. The number of benzene rings is 1. The lowest BCUT2D eigenvalue weighted by Gasteiger charge is -2.34. The van der Waals surface area contributed by atoms with Crippen molar-refractivity contribution in [2.45, 2.75) is 27.9 Å². The number of amides is 2. The number of carbonyl (C=O) groups excluding carboxylic acids is 2. The quantitative estimate of drug-likeness (QED) is 0.412. The highest BCUT2D eigenvalue weighted by molar-refractivity contribution is 6.67. The Morgan fingerprint density at radius 1 is 0.808 bits per heavy atom. The molecular formula is C17H11Cl6NO2. The lowest BCUT2D eigenvalue weighted by atomic mass is 9.84. The summed E-state index contributed by atoms with van der Waals surface area (Å²) in [5.41, 5.74) is 2.24. The fourth-order valence-electron chi connectivity index (χ4n) is 4.33. The van der Waals surface area contributed by atoms with Crippen LogP contribution < -0.4 is 4.90 Å². The van der Waals surface area contributed by atoms with E-state index in [4.69, 9.17) is 69.6 Å². The third-order valence-electron chi connectivity index (χ3n) is 5.37. The van der Waals surface area contributed by atoms with Crippen molar-refractivity contribution >= 4 is 87.1 Å². The number of imide groups is 1. The van der Waals surface area contributed by atoms with Crippen LogP contribution in [-0.4, -0.2) is 25.9 Å². The molecule has 3 aliphatic rings. The van der Waals surface area contributed by atoms with E-state index in [2.05, 4.69) is 0 Å². The van der Waals surface area contributed by atoms with Crippen LogP contribution in [-0.2, 0) is 9.59 Å². The van der Waals surface area contributed by atoms with Gasteiger partial charge in [0, 0.05) is 0 Å². The van der Waals surface area contributed by atoms with Gasteiger partial charge in [0.25, 0.3) is 0 Å². The van der Waals surface area contributed by atoms with E-state index in [1.807, 2.05) is 19.9 Å². The van der Waals surface area contributed by atoms with Crippen molar-refractivity contribution in [3.05, 3.63) is 39.4 Å². The molecule has 2 amide bonds. The summed E-state index contributed by atoms with van der Waals surface area (Å²) in [7, 11) is 0. The topological polar surface area (TPSA) is 37.4 Å². The van der Waals surface area contributed by atoms with Crippen LogP contribution >= 0.6 is 69.6 Å². The zero-order valence-corrected chi connectivity index (χ0v) is 18.0. The molecule has 3 nitrogen and oxygen atoms in total. The van der Waals surface area contributed by atoms with E-state index in [1.165, 1.54) is 0 Å². The average Bonchev–Trinajstić information content (AvgIpc) is 2.91. The van der Waals surface area contributed by atoms with Gasteiger partial charge in [0.2, 0.25) is 11.8 Å². The van der Waals surface area contributed by atoms with Gasteiger partial charge in [-0.1, -0.05) is 52.5 Å². The van der Waals surface area contributed by atoms with Gasteiger partial charge in [-0.15, -0.1) is 23.2 Å². The minimum atomic E-state index is -1.91. The van der Waals surface area contributed by atoms with Crippen molar-refractivity contribution < 1.29 is 9.59 Å². The van der Waals surface area contributed by atoms with Gasteiger partial charge >= 0.3 is 0 Å². The van der Waals surface area contributed by atoms with Crippen LogP contribution in [0.4, 0.5) is 5.69 Å². The number of halogens is 6. The van der Waals surface area contributed by atoms with Gasteiger partial charge in [0.1, 0.15) is 9.75 Å². The predicted molar refractivity (Wildman–Crippen MR) is 106 cm³/mol. The van der Waals surface area contributed by atoms with Crippen molar-refractivity contribution in [2.75, 3.05) is 4.90 Å². The molecule has 1 aromatic carbocycles. The fraction of sp³-hybridized carbons (Fsp3) is 0.412. The molecule has 2 aliphatic carbocycles. The molecule has 0 spiro atoms. The van der Waals surface area contributed by atoms with Crippen molar-refractivity contribution in [2.24, 2.45) is 11.8 Å². The second-order valence-corrected chi connectivity index (χ2v) is 10.2. The molecule has 138 valence electrons. The van der Waals surface area contributed by atoms with E-state index in [1.54, 1.807) is 12.1 Å². The Morgan fingerprint density at radius 2 is 1.19 bits per heavy atom. The van der Waals surface area contributed by atoms with E-state index >= 15 is 0 Å². The van der Waals surface area contributed by atoms with Crippen LogP contribution in [0.3, 0.4) is 0 Å². The number of nitrogens with zero attached hydrogens (tertiary/aromatic N) is 1. The Morgan fingerprint density at radius 3 is 1.58 bits per heavy atom. The summed E-state index contributed by atoms with van der Waals surface area (Å²) in [5, 5.41) is -0.184. The Labute approximate surface area is 180 Å². The molecule has 0 unspecified atom stereocenters. The Balaban J connectivity index is 1.92. The minimum absolute atomic E-state index is 0.0921. The maximum Gasteiger partial charge on any atom is 0.240 e. The maximum atomic E-state index is 13.2. The van der Waals surface area contributed by atoms with E-state index in [9.17, 15) is 9.59 Å². The number of fused-ring (bicyclic) bond motifs is 5. The second-order valence-electron chi connectivity index (χ2n) is 6.94. The lowest BCUT2D eigenvalue weighted by Crippen LogP contribution is -2.50. The summed E-state index contributed by atoms with van der Waals surface area (Å²) in [6, 6.07) is 5.40. The molecule has 26 heavy (non-hydrogen) atoms. The number of rotatable bonds is 1. The minimum Gasteiger partial charge on any atom is -0.274 e. The highest BCUT2D eigenvalue weighted by Gasteiger charge is 2.87. The van der Waals surface area contributed by atoms with Gasteiger partial charge in [-0.3, -0.25) is 9.59 Å². The highest BCUT2D eigenvalue weighted by Crippen LogP contribution is 2.77. The smallest absolute Gasteiger partial charge is 0.240 e. The van der Waals surface area contributed by atoms with Crippen LogP contribution in [0.25, 0.3) is 0 Å². The summed E-state index contributed by atoms with van der Waals surface area (Å²) < 4.78 is -1.91. The van der Waals surface area contributed by atoms with Crippen LogP contribution in [0, 0.1) is 25.7 Å². The van der Waals surface area contributed by atoms with E-state index in [-0.39, 0.29) is 10.1 Å². The standard InChI is InChI=1S/C17H11Cl6NO2/c1-6-3-7(2)5-8(4-6)24-13(25)9-10(14(24)26)16(21)12(19)11(18)15(9,20)17(16,22)23/h3-5,9-10H,1-2H3/t9-,10+,15-,16-/m0/s1. The molecule has 1 saturated heterocycles. The molecule has 1 aromatic rings. The first-order valence-electron chi connectivity index (χ1n) is 7.68. The molecule has 1 heterocycles. The zero-order valence-electron chi connectivity index (χ0n) is 13.4. The van der Waals surface area contributed by atoms with Gasteiger partial charge in [-0.05, 0) is 37.1 Å². The number of anilines is 1. The Kier molecular flexibility index (Phi) is 4.03. The van der Waals surface area contributed by atoms with E-state index in [0.29, 0.717) is 5.69 Å². The third-order valence-corrected chi connectivity index (χ3v) is 9.63. The monoisotopic (exact) mass is 471 g/mol. The highest BCUT2D eigenvalue weighted by atomic mass is 35.5. The van der Waals surface area contributed by atoms with E-state index < -0.39 is 37.7 Å². The van der Waals surface area contributed by atoms with E-state index in [0.717, 1.165) is 16.0 Å². The van der Waals surface area contributed by atoms with Crippen LogP contribution in [0.15, 0.2) is 28.3 Å². The van der Waals surface area contributed by atoms with Crippen molar-refractivity contribution in [3.63, 3.8) is 0 Å². The SMILES string of the molecule is Cc1cc(C)cc(N2C(=O)[C@@H]3[C@H](C2=O)[C@]2(Cl)C(Cl)=C(Cl)[C@]3(Cl)C2(Cl)Cl)c1. The summed E-state index contributed by atoms with van der Waals surface area (Å²) in [6.45, 7) is 3.74. The predicted octanol–water partition coefficient (Wildman–Crippen LogP) is 5.25. The first-order valence-corrected chi connectivity index (χ1v) is 9.95. The number of hydrogen-bond acceptors (Lipinski definition) is 2. The summed E-state index contributed by atoms with van der Waals surface area (Å²) in [5.74, 6) is -3.31. The van der Waals surface area contributed by atoms with Crippen LogP contribution in [0.1, 0.15) is 11.1 Å². The molecule has 2 fully saturated rings. The summed E-state index contributed by atoms with van der Waals surface area (Å²) in [6.07, 6.45) is 0. The number of allylic oxidation sites excluding steroid dienone is 2. The fourth-order valence-corrected chi connectivity index (χ4v) is 7.26. The molecule has 9 heteroatoms. The summed E-state index contributed by atoms with van der Waals surface area (Å²) >= 11 is 38.8. The maximum absolute atomic E-state index is 13.2. The molecule has 1 saturated carbocycles. The molecule has 2 bridgehead atoms. The van der Waals surface area contributed by atoms with Crippen molar-refractivity contribution in [1.29, 1.82) is 0 Å². The van der Waals surface area contributed by atoms with Crippen LogP contribution in [0.2, 0.25) is 0 Å². The van der Waals surface area contributed by atoms with Gasteiger partial charge in [-0.25, -0.2) is 4.90 Å². The lowest BCUT2D eigenvalue weighted by molar-refractivity contribution is -0.123. The molecule has 0 radical (unpaired) electrons. The number of alkyl halides is 4.